The quantitative estimate of drug-likeness (QED) is 0.759. The van der Waals surface area contributed by atoms with Crippen LogP contribution in [0, 0.1) is 5.82 Å². The molecular formula is C12H16FN. The molecule has 0 saturated heterocycles. The van der Waals surface area contributed by atoms with E-state index in [1.54, 1.807) is 12.1 Å². The Balaban J connectivity index is 2.48. The highest BCUT2D eigenvalue weighted by molar-refractivity contribution is 5.60. The van der Waals surface area contributed by atoms with Crippen LogP contribution in [0.25, 0.3) is 0 Å². The number of hydrogen-bond acceptors (Lipinski definition) is 1. The smallest absolute Gasteiger partial charge is 0.125 e. The van der Waals surface area contributed by atoms with Gasteiger partial charge in [-0.25, -0.2) is 4.39 Å². The Kier molecular flexibility index (Phi) is 2.22. The van der Waals surface area contributed by atoms with E-state index in [2.05, 4.69) is 19.2 Å². The highest BCUT2D eigenvalue weighted by Gasteiger charge is 2.35. The zero-order valence-corrected chi connectivity index (χ0v) is 8.73. The maximum atomic E-state index is 13.0. The number of fused-ring (bicyclic) bond motifs is 1. The fraction of sp³-hybridized carbons (Fsp3) is 0.500. The molecule has 1 aliphatic heterocycles. The van der Waals surface area contributed by atoms with Crippen molar-refractivity contribution in [2.24, 2.45) is 0 Å². The summed E-state index contributed by atoms with van der Waals surface area (Å²) in [6, 6.07) is 5.09. The van der Waals surface area contributed by atoms with Crippen LogP contribution < -0.4 is 5.32 Å². The summed E-state index contributed by atoms with van der Waals surface area (Å²) in [7, 11) is 0. The van der Waals surface area contributed by atoms with Crippen LogP contribution in [0.3, 0.4) is 0 Å². The normalized spacial score (nSPS) is 17.6. The standard InChI is InChI=1S/C12H16FN/c1-3-12(4-2)8-14-11-7-9(13)5-6-10(11)12/h5-7,14H,3-4,8H2,1-2H3. The van der Waals surface area contributed by atoms with Crippen molar-refractivity contribution in [3.8, 4) is 0 Å². The minimum absolute atomic E-state index is 0.153. The van der Waals surface area contributed by atoms with Crippen LogP contribution >= 0.6 is 0 Å². The molecule has 0 radical (unpaired) electrons. The van der Waals surface area contributed by atoms with Crippen molar-refractivity contribution in [1.82, 2.24) is 0 Å². The Bertz CT molecular complexity index is 342. The molecule has 1 aromatic carbocycles. The molecule has 76 valence electrons. The van der Waals surface area contributed by atoms with Gasteiger partial charge in [-0.3, -0.25) is 0 Å². The molecule has 1 N–H and O–H groups in total. The van der Waals surface area contributed by atoms with Gasteiger partial charge in [0, 0.05) is 17.6 Å². The molecule has 1 aromatic rings. The number of anilines is 1. The monoisotopic (exact) mass is 193 g/mol. The maximum Gasteiger partial charge on any atom is 0.125 e. The Morgan fingerprint density at radius 1 is 1.36 bits per heavy atom. The van der Waals surface area contributed by atoms with Crippen molar-refractivity contribution in [3.63, 3.8) is 0 Å². The van der Waals surface area contributed by atoms with Crippen molar-refractivity contribution in [2.45, 2.75) is 32.1 Å². The third-order valence-corrected chi connectivity index (χ3v) is 3.52. The second kappa shape index (κ2) is 3.26. The van der Waals surface area contributed by atoms with Crippen LogP contribution in [0.1, 0.15) is 32.3 Å². The summed E-state index contributed by atoms with van der Waals surface area (Å²) in [4.78, 5) is 0. The highest BCUT2D eigenvalue weighted by atomic mass is 19.1. The van der Waals surface area contributed by atoms with Gasteiger partial charge in [0.2, 0.25) is 0 Å². The highest BCUT2D eigenvalue weighted by Crippen LogP contribution is 2.41. The first-order valence-corrected chi connectivity index (χ1v) is 5.26. The molecule has 0 aliphatic carbocycles. The number of benzene rings is 1. The largest absolute Gasteiger partial charge is 0.384 e. The van der Waals surface area contributed by atoms with E-state index in [9.17, 15) is 4.39 Å². The van der Waals surface area contributed by atoms with Crippen LogP contribution in [-0.2, 0) is 5.41 Å². The van der Waals surface area contributed by atoms with Crippen LogP contribution in [0.15, 0.2) is 18.2 Å². The van der Waals surface area contributed by atoms with E-state index in [4.69, 9.17) is 0 Å². The first-order valence-electron chi connectivity index (χ1n) is 5.26. The summed E-state index contributed by atoms with van der Waals surface area (Å²) in [5, 5.41) is 3.29. The lowest BCUT2D eigenvalue weighted by molar-refractivity contribution is 0.437. The molecular weight excluding hydrogens is 177 g/mol. The van der Waals surface area contributed by atoms with Crippen molar-refractivity contribution in [2.75, 3.05) is 11.9 Å². The molecule has 2 rings (SSSR count). The van der Waals surface area contributed by atoms with Gasteiger partial charge in [0.1, 0.15) is 5.82 Å². The third kappa shape index (κ3) is 1.21. The Labute approximate surface area is 84.3 Å². The van der Waals surface area contributed by atoms with Gasteiger partial charge in [-0.15, -0.1) is 0 Å². The lowest BCUT2D eigenvalue weighted by Gasteiger charge is -2.25. The molecule has 14 heavy (non-hydrogen) atoms. The fourth-order valence-electron chi connectivity index (χ4n) is 2.37. The predicted octanol–water partition coefficient (Wildman–Crippen LogP) is 3.31. The molecule has 0 bridgehead atoms. The van der Waals surface area contributed by atoms with E-state index >= 15 is 0 Å². The Hall–Kier alpha value is -1.05. The Morgan fingerprint density at radius 2 is 2.07 bits per heavy atom. The summed E-state index contributed by atoms with van der Waals surface area (Å²) in [6.07, 6.45) is 2.21. The molecule has 1 nitrogen and oxygen atoms in total. The molecule has 0 fully saturated rings. The van der Waals surface area contributed by atoms with Gasteiger partial charge in [0.15, 0.2) is 0 Å². The average Bonchev–Trinajstić information content (AvgIpc) is 2.56. The molecule has 1 heterocycles. The van der Waals surface area contributed by atoms with E-state index < -0.39 is 0 Å². The first kappa shape index (κ1) is 9.50. The maximum absolute atomic E-state index is 13.0. The van der Waals surface area contributed by atoms with Gasteiger partial charge in [-0.05, 0) is 30.5 Å². The molecule has 0 atom stereocenters. The first-order chi connectivity index (χ1) is 6.72. The molecule has 0 amide bonds. The summed E-state index contributed by atoms with van der Waals surface area (Å²) >= 11 is 0. The Morgan fingerprint density at radius 3 is 2.71 bits per heavy atom. The molecule has 0 unspecified atom stereocenters. The van der Waals surface area contributed by atoms with Crippen molar-refractivity contribution < 1.29 is 4.39 Å². The fourth-order valence-corrected chi connectivity index (χ4v) is 2.37. The molecule has 0 aromatic heterocycles. The van der Waals surface area contributed by atoms with Gasteiger partial charge in [0.25, 0.3) is 0 Å². The summed E-state index contributed by atoms with van der Waals surface area (Å²) in [5.74, 6) is -0.153. The number of rotatable bonds is 2. The molecule has 2 heteroatoms. The van der Waals surface area contributed by atoms with Crippen molar-refractivity contribution in [1.29, 1.82) is 0 Å². The van der Waals surface area contributed by atoms with Crippen LogP contribution in [0.2, 0.25) is 0 Å². The lowest BCUT2D eigenvalue weighted by Crippen LogP contribution is -2.26. The van der Waals surface area contributed by atoms with Gasteiger partial charge in [-0.1, -0.05) is 19.9 Å². The molecule has 0 saturated carbocycles. The summed E-state index contributed by atoms with van der Waals surface area (Å²) in [6.45, 7) is 5.34. The average molecular weight is 193 g/mol. The minimum Gasteiger partial charge on any atom is -0.384 e. The summed E-state index contributed by atoms with van der Waals surface area (Å²) < 4.78 is 13.0. The zero-order valence-electron chi connectivity index (χ0n) is 8.73. The minimum atomic E-state index is -0.153. The molecule has 1 aliphatic rings. The third-order valence-electron chi connectivity index (χ3n) is 3.52. The van der Waals surface area contributed by atoms with Crippen LogP contribution in [-0.4, -0.2) is 6.54 Å². The van der Waals surface area contributed by atoms with Crippen molar-refractivity contribution in [3.05, 3.63) is 29.6 Å². The van der Waals surface area contributed by atoms with Crippen LogP contribution in [0.4, 0.5) is 10.1 Å². The second-order valence-electron chi connectivity index (χ2n) is 4.03. The zero-order chi connectivity index (χ0) is 10.2. The van der Waals surface area contributed by atoms with E-state index in [0.29, 0.717) is 0 Å². The van der Waals surface area contributed by atoms with Gasteiger partial charge >= 0.3 is 0 Å². The van der Waals surface area contributed by atoms with E-state index in [-0.39, 0.29) is 11.2 Å². The SMILES string of the molecule is CCC1(CC)CNc2cc(F)ccc21. The molecule has 0 spiro atoms. The number of nitrogens with one attached hydrogen (secondary N) is 1. The topological polar surface area (TPSA) is 12.0 Å². The lowest BCUT2D eigenvalue weighted by atomic mass is 9.78. The number of halogens is 1. The van der Waals surface area contributed by atoms with Gasteiger partial charge in [0.05, 0.1) is 0 Å². The van der Waals surface area contributed by atoms with Crippen molar-refractivity contribution >= 4 is 5.69 Å². The van der Waals surface area contributed by atoms with Crippen LogP contribution in [0.5, 0.6) is 0 Å². The van der Waals surface area contributed by atoms with Gasteiger partial charge < -0.3 is 5.32 Å². The van der Waals surface area contributed by atoms with E-state index in [1.807, 2.05) is 6.07 Å². The number of hydrogen-bond donors (Lipinski definition) is 1. The summed E-state index contributed by atoms with van der Waals surface area (Å²) in [5.41, 5.74) is 2.49. The van der Waals surface area contributed by atoms with Gasteiger partial charge in [-0.2, -0.15) is 0 Å². The predicted molar refractivity (Wildman–Crippen MR) is 57.1 cm³/mol. The van der Waals surface area contributed by atoms with E-state index in [1.165, 1.54) is 5.56 Å². The second-order valence-corrected chi connectivity index (χ2v) is 4.03. The van der Waals surface area contributed by atoms with E-state index in [0.717, 1.165) is 25.1 Å².